The number of nitrogens with zero attached hydrogens (tertiary/aromatic N) is 3. The van der Waals surface area contributed by atoms with Gasteiger partial charge in [-0.15, -0.1) is 0 Å². The molecule has 4 aliphatic heterocycles. The number of benzene rings is 2. The molecule has 0 spiro atoms. The lowest BCUT2D eigenvalue weighted by atomic mass is 9.99. The average molecular weight is 806 g/mol. The largest absolute Gasteiger partial charge is 0.458 e. The van der Waals surface area contributed by atoms with Crippen molar-refractivity contribution in [2.24, 2.45) is 5.92 Å². The van der Waals surface area contributed by atoms with Crippen LogP contribution in [0.1, 0.15) is 70.4 Å². The number of hydrogen-bond acceptors (Lipinski definition) is 8. The summed E-state index contributed by atoms with van der Waals surface area (Å²) in [6, 6.07) is 6.75. The number of ether oxygens (including phenoxy) is 1. The highest BCUT2D eigenvalue weighted by atomic mass is 35.5. The van der Waals surface area contributed by atoms with Gasteiger partial charge in [0.1, 0.15) is 42.4 Å². The van der Waals surface area contributed by atoms with Crippen molar-refractivity contribution in [2.45, 2.75) is 115 Å². The predicted octanol–water partition coefficient (Wildman–Crippen LogP) is 2.93. The van der Waals surface area contributed by atoms with Gasteiger partial charge in [-0.1, -0.05) is 48.4 Å². The molecule has 306 valence electrons. The zero-order valence-electron chi connectivity index (χ0n) is 32.8. The maximum absolute atomic E-state index is 14.7. The number of fused-ring (bicyclic) bond motifs is 3. The summed E-state index contributed by atoms with van der Waals surface area (Å²) in [5, 5.41) is 11.5. The van der Waals surface area contributed by atoms with E-state index in [0.29, 0.717) is 55.8 Å². The van der Waals surface area contributed by atoms with Crippen molar-refractivity contribution in [1.29, 1.82) is 0 Å². The van der Waals surface area contributed by atoms with E-state index in [9.17, 15) is 33.6 Å². The maximum Gasteiger partial charge on any atom is 0.329 e. The highest BCUT2D eigenvalue weighted by Crippen LogP contribution is 2.29. The fraction of sp³-hybridized carbons (Fsp3) is 0.537. The van der Waals surface area contributed by atoms with E-state index in [0.717, 1.165) is 11.1 Å². The minimum absolute atomic E-state index is 0.0507. The summed E-state index contributed by atoms with van der Waals surface area (Å²) in [4.78, 5) is 103. The molecule has 0 saturated carbocycles. The van der Waals surface area contributed by atoms with Crippen LogP contribution in [0.15, 0.2) is 48.5 Å². The summed E-state index contributed by atoms with van der Waals surface area (Å²) >= 11 is 6.01. The van der Waals surface area contributed by atoms with Crippen LogP contribution >= 0.6 is 11.6 Å². The van der Waals surface area contributed by atoms with Gasteiger partial charge >= 0.3 is 12.0 Å². The lowest BCUT2D eigenvalue weighted by molar-refractivity contribution is -0.163. The van der Waals surface area contributed by atoms with Crippen LogP contribution in [0.4, 0.5) is 10.5 Å². The minimum Gasteiger partial charge on any atom is -0.458 e. The summed E-state index contributed by atoms with van der Waals surface area (Å²) < 4.78 is 5.96. The van der Waals surface area contributed by atoms with Crippen LogP contribution < -0.4 is 21.3 Å². The van der Waals surface area contributed by atoms with Crippen LogP contribution in [-0.4, -0.2) is 118 Å². The Labute approximate surface area is 337 Å². The molecule has 16 heteroatoms. The lowest BCUT2D eigenvalue weighted by Gasteiger charge is -2.39. The minimum atomic E-state index is -1.48. The molecular weight excluding hydrogens is 754 g/mol. The van der Waals surface area contributed by atoms with Crippen LogP contribution in [0.3, 0.4) is 0 Å². The Balaban J connectivity index is 1.33. The first kappa shape index (κ1) is 41.5. The number of cyclic esters (lactones) is 1. The van der Waals surface area contributed by atoms with Crippen LogP contribution in [0.2, 0.25) is 5.02 Å². The van der Waals surface area contributed by atoms with Crippen molar-refractivity contribution in [3.8, 4) is 0 Å². The van der Waals surface area contributed by atoms with Crippen LogP contribution in [-0.2, 0) is 39.9 Å². The first-order chi connectivity index (χ1) is 27.2. The number of esters is 1. The molecule has 4 saturated heterocycles. The number of aryl methyl sites for hydroxylation is 1. The van der Waals surface area contributed by atoms with E-state index < -0.39 is 83.9 Å². The summed E-state index contributed by atoms with van der Waals surface area (Å²) in [6.45, 7) is 7.61. The molecule has 0 aromatic heterocycles. The Morgan fingerprint density at radius 1 is 0.860 bits per heavy atom. The molecule has 6 rings (SSSR count). The standard InChI is InChI=1S/C41H52ClN7O8/c1-23-9-7-10-27(19-23)21-30(45-41(56)44-29-15-13-28(42)14-16-29)35(50)46-34-26(4)57-40(55)33-20-24(2)22-49(33)37(52)25(3)43-36(51)31-11-5-6-17-47(31)38(53)32-12-8-18-48(32)39(34)54/h7,9-10,13-16,19,24-26,30-34H,5-6,8,11-12,17-18,20-22H2,1-4H3,(H,43,51)(H,46,50)(H2,44,45,56)/t24-,25+,26+,30+,31+,32+,33+,34+/m1/s1. The first-order valence-electron chi connectivity index (χ1n) is 19.8. The van der Waals surface area contributed by atoms with Gasteiger partial charge in [0.2, 0.25) is 29.5 Å². The molecule has 57 heavy (non-hydrogen) atoms. The number of anilines is 1. The third kappa shape index (κ3) is 9.69. The average Bonchev–Trinajstić information content (AvgIpc) is 3.83. The summed E-state index contributed by atoms with van der Waals surface area (Å²) in [5.41, 5.74) is 2.11. The van der Waals surface area contributed by atoms with Crippen molar-refractivity contribution in [3.63, 3.8) is 0 Å². The van der Waals surface area contributed by atoms with E-state index in [2.05, 4.69) is 21.3 Å². The monoisotopic (exact) mass is 805 g/mol. The molecule has 4 fully saturated rings. The summed E-state index contributed by atoms with van der Waals surface area (Å²) in [5.74, 6) is -3.53. The van der Waals surface area contributed by atoms with E-state index in [-0.39, 0.29) is 25.4 Å². The number of nitrogens with one attached hydrogen (secondary N) is 4. The molecule has 15 nitrogen and oxygen atoms in total. The topological polar surface area (TPSA) is 187 Å². The number of hydrogen-bond donors (Lipinski definition) is 4. The molecule has 7 amide bonds. The van der Waals surface area contributed by atoms with E-state index in [1.165, 1.54) is 21.6 Å². The van der Waals surface area contributed by atoms with Crippen LogP contribution in [0.5, 0.6) is 0 Å². The Morgan fingerprint density at radius 2 is 1.56 bits per heavy atom. The smallest absolute Gasteiger partial charge is 0.329 e. The Morgan fingerprint density at radius 3 is 2.30 bits per heavy atom. The second-order valence-electron chi connectivity index (χ2n) is 15.8. The Hall–Kier alpha value is -5.18. The molecule has 4 heterocycles. The zero-order valence-corrected chi connectivity index (χ0v) is 33.6. The van der Waals surface area contributed by atoms with Crippen LogP contribution in [0.25, 0.3) is 0 Å². The number of amides is 7. The van der Waals surface area contributed by atoms with Gasteiger partial charge in [-0.2, -0.15) is 0 Å². The molecule has 0 aliphatic carbocycles. The maximum atomic E-state index is 14.7. The Bertz CT molecular complexity index is 1880. The van der Waals surface area contributed by atoms with E-state index >= 15 is 0 Å². The predicted molar refractivity (Wildman–Crippen MR) is 211 cm³/mol. The number of carbonyl (C=O) groups excluding carboxylic acids is 7. The Kier molecular flexibility index (Phi) is 13.1. The van der Waals surface area contributed by atoms with E-state index in [1.54, 1.807) is 31.2 Å². The summed E-state index contributed by atoms with van der Waals surface area (Å²) in [7, 11) is 0. The molecule has 0 unspecified atom stereocenters. The normalized spacial score (nSPS) is 27.8. The van der Waals surface area contributed by atoms with Gasteiger partial charge in [0, 0.05) is 36.8 Å². The van der Waals surface area contributed by atoms with Gasteiger partial charge in [0.15, 0.2) is 0 Å². The highest BCUT2D eigenvalue weighted by Gasteiger charge is 2.47. The van der Waals surface area contributed by atoms with Crippen molar-refractivity contribution in [2.75, 3.05) is 25.0 Å². The van der Waals surface area contributed by atoms with E-state index in [1.807, 2.05) is 38.1 Å². The van der Waals surface area contributed by atoms with Gasteiger partial charge in [0.25, 0.3) is 0 Å². The number of halogens is 1. The molecule has 0 radical (unpaired) electrons. The fourth-order valence-electron chi connectivity index (χ4n) is 8.36. The van der Waals surface area contributed by atoms with Crippen LogP contribution in [0, 0.1) is 12.8 Å². The van der Waals surface area contributed by atoms with Gasteiger partial charge in [-0.3, -0.25) is 24.0 Å². The van der Waals surface area contributed by atoms with Gasteiger partial charge in [-0.05, 0) is 95.0 Å². The molecule has 8 atom stereocenters. The highest BCUT2D eigenvalue weighted by molar-refractivity contribution is 6.30. The van der Waals surface area contributed by atoms with Gasteiger partial charge in [0.05, 0.1) is 0 Å². The lowest BCUT2D eigenvalue weighted by Crippen LogP contribution is -2.63. The molecular formula is C41H52ClN7O8. The second kappa shape index (κ2) is 18.0. The third-order valence-electron chi connectivity index (χ3n) is 11.3. The first-order valence-corrected chi connectivity index (χ1v) is 20.2. The quantitative estimate of drug-likeness (QED) is 0.321. The summed E-state index contributed by atoms with van der Waals surface area (Å²) in [6.07, 6.45) is 1.68. The SMILES string of the molecule is Cc1cccc(C[C@H](NC(=O)Nc2ccc(Cl)cc2)C(=O)N[C@@H]2C(=O)N3CCC[C@H]3C(=O)N3CCCC[C@H]3C(=O)N[C@@H](C)C(=O)N3C[C@H](C)C[C@H]3C(=O)O[C@H]2C)c1. The molecule has 0 bridgehead atoms. The molecule has 4 N–H and O–H groups in total. The third-order valence-corrected chi connectivity index (χ3v) is 11.5. The van der Waals surface area contributed by atoms with Gasteiger partial charge in [-0.25, -0.2) is 9.59 Å². The number of carbonyl (C=O) groups is 7. The van der Waals surface area contributed by atoms with Crippen molar-refractivity contribution < 1.29 is 38.3 Å². The zero-order chi connectivity index (χ0) is 41.0. The van der Waals surface area contributed by atoms with Crippen molar-refractivity contribution in [1.82, 2.24) is 30.7 Å². The molecule has 2 aromatic carbocycles. The number of piperidine rings is 1. The second-order valence-corrected chi connectivity index (χ2v) is 16.2. The fourth-order valence-corrected chi connectivity index (χ4v) is 8.49. The van der Waals surface area contributed by atoms with E-state index in [4.69, 9.17) is 16.3 Å². The van der Waals surface area contributed by atoms with Crippen molar-refractivity contribution in [3.05, 3.63) is 64.7 Å². The van der Waals surface area contributed by atoms with Crippen molar-refractivity contribution >= 4 is 58.8 Å². The number of urea groups is 1. The van der Waals surface area contributed by atoms with Gasteiger partial charge < -0.3 is 40.7 Å². The number of rotatable bonds is 6. The molecule has 4 aliphatic rings. The molecule has 2 aromatic rings.